The van der Waals surface area contributed by atoms with E-state index in [-0.39, 0.29) is 10.7 Å². The van der Waals surface area contributed by atoms with Gasteiger partial charge in [0, 0.05) is 18.7 Å². The van der Waals surface area contributed by atoms with Crippen molar-refractivity contribution >= 4 is 21.8 Å². The normalized spacial score (nSPS) is 15.2. The van der Waals surface area contributed by atoms with E-state index in [0.717, 1.165) is 18.4 Å². The Hall–Kier alpha value is -2.51. The monoisotopic (exact) mass is 415 g/mol. The second-order valence-corrected chi connectivity index (χ2v) is 9.56. The van der Waals surface area contributed by atoms with Gasteiger partial charge in [0.15, 0.2) is 12.4 Å². The van der Waals surface area contributed by atoms with Gasteiger partial charge in [-0.05, 0) is 56.5 Å². The number of sulfonamides is 1. The molecule has 3 rings (SSSR count). The Kier molecular flexibility index (Phi) is 6.19. The minimum atomic E-state index is -3.52. The molecule has 7 heteroatoms. The molecular weight excluding hydrogens is 390 g/mol. The second-order valence-electron chi connectivity index (χ2n) is 7.63. The van der Waals surface area contributed by atoms with Crippen LogP contribution in [0, 0.1) is 0 Å². The van der Waals surface area contributed by atoms with Crippen molar-refractivity contribution in [1.29, 1.82) is 0 Å². The quantitative estimate of drug-likeness (QED) is 0.513. The Morgan fingerprint density at radius 2 is 1.55 bits per heavy atom. The first-order valence-corrected chi connectivity index (χ1v) is 11.0. The Labute approximate surface area is 171 Å². The van der Waals surface area contributed by atoms with E-state index in [0.29, 0.717) is 18.7 Å². The van der Waals surface area contributed by atoms with E-state index in [1.165, 1.54) is 28.6 Å². The predicted molar refractivity (Wildman–Crippen MR) is 109 cm³/mol. The number of carbonyl (C=O) groups excluding carboxylic acids is 2. The number of Topliss-reactive ketones (excluding diaryl/α,β-unsaturated/α-hetero) is 1. The van der Waals surface area contributed by atoms with Crippen LogP contribution in [0.5, 0.6) is 0 Å². The Bertz CT molecular complexity index is 976. The predicted octanol–water partition coefficient (Wildman–Crippen LogP) is 3.17. The topological polar surface area (TPSA) is 80.8 Å². The lowest BCUT2D eigenvalue weighted by molar-refractivity contribution is -0.148. The number of esters is 1. The van der Waals surface area contributed by atoms with Gasteiger partial charge in [-0.25, -0.2) is 8.42 Å². The molecule has 0 saturated carbocycles. The van der Waals surface area contributed by atoms with Gasteiger partial charge in [0.05, 0.1) is 10.3 Å². The summed E-state index contributed by atoms with van der Waals surface area (Å²) < 4.78 is 31.8. The van der Waals surface area contributed by atoms with Crippen molar-refractivity contribution < 1.29 is 22.7 Å². The summed E-state index contributed by atoms with van der Waals surface area (Å²) in [5, 5.41) is 0. The van der Waals surface area contributed by atoms with Crippen LogP contribution in [0.1, 0.15) is 42.6 Å². The number of carbonyl (C=O) groups is 2. The summed E-state index contributed by atoms with van der Waals surface area (Å²) in [5.41, 5.74) is 0.222. The van der Waals surface area contributed by atoms with Crippen LogP contribution in [0.15, 0.2) is 59.5 Å². The summed E-state index contributed by atoms with van der Waals surface area (Å²) in [5.74, 6) is -0.877. The van der Waals surface area contributed by atoms with E-state index in [1.54, 1.807) is 13.8 Å². The highest BCUT2D eigenvalue weighted by atomic mass is 32.2. The van der Waals surface area contributed by atoms with E-state index in [1.807, 2.05) is 30.3 Å². The zero-order valence-corrected chi connectivity index (χ0v) is 17.4. The molecule has 1 aliphatic rings. The molecule has 0 bridgehead atoms. The van der Waals surface area contributed by atoms with E-state index in [4.69, 9.17) is 4.74 Å². The van der Waals surface area contributed by atoms with Gasteiger partial charge in [0.1, 0.15) is 0 Å². The largest absolute Gasteiger partial charge is 0.457 e. The molecule has 154 valence electrons. The minimum absolute atomic E-state index is 0.165. The highest BCUT2D eigenvalue weighted by Crippen LogP contribution is 2.25. The smallest absolute Gasteiger partial charge is 0.316 e. The Balaban J connectivity index is 1.63. The number of benzene rings is 2. The number of ketones is 1. The van der Waals surface area contributed by atoms with Gasteiger partial charge in [0.25, 0.3) is 0 Å². The van der Waals surface area contributed by atoms with Crippen LogP contribution in [0.3, 0.4) is 0 Å². The van der Waals surface area contributed by atoms with Crippen LogP contribution < -0.4 is 0 Å². The van der Waals surface area contributed by atoms with Crippen molar-refractivity contribution in [3.63, 3.8) is 0 Å². The first kappa shape index (κ1) is 21.2. The van der Waals surface area contributed by atoms with Crippen molar-refractivity contribution in [2.75, 3.05) is 19.7 Å². The van der Waals surface area contributed by atoms with Gasteiger partial charge < -0.3 is 4.74 Å². The van der Waals surface area contributed by atoms with E-state index < -0.39 is 28.0 Å². The van der Waals surface area contributed by atoms with Crippen molar-refractivity contribution in [2.24, 2.45) is 0 Å². The van der Waals surface area contributed by atoms with Crippen LogP contribution in [-0.4, -0.2) is 44.2 Å². The average Bonchev–Trinajstić information content (AvgIpc) is 3.28. The molecule has 0 radical (unpaired) electrons. The molecule has 0 spiro atoms. The molecule has 0 amide bonds. The zero-order chi connectivity index (χ0) is 21.1. The van der Waals surface area contributed by atoms with Gasteiger partial charge in [-0.15, -0.1) is 0 Å². The van der Waals surface area contributed by atoms with Crippen LogP contribution in [-0.2, 0) is 25.0 Å². The fraction of sp³-hybridized carbons (Fsp3) is 0.364. The Morgan fingerprint density at radius 3 is 2.14 bits per heavy atom. The summed E-state index contributed by atoms with van der Waals surface area (Å²) in [6, 6.07) is 15.0. The third-order valence-corrected chi connectivity index (χ3v) is 7.13. The number of nitrogens with zero attached hydrogens (tertiary/aromatic N) is 1. The minimum Gasteiger partial charge on any atom is -0.457 e. The van der Waals surface area contributed by atoms with E-state index in [2.05, 4.69) is 0 Å². The molecule has 1 fully saturated rings. The molecule has 29 heavy (non-hydrogen) atoms. The van der Waals surface area contributed by atoms with Crippen LogP contribution in [0.4, 0.5) is 0 Å². The molecular formula is C22H25NO5S. The molecule has 2 aromatic rings. The fourth-order valence-corrected chi connectivity index (χ4v) is 4.77. The SMILES string of the molecule is CC(C)(C(=O)OCC(=O)c1ccc(S(=O)(=O)N2CCCC2)cc1)c1ccccc1. The number of hydrogen-bond donors (Lipinski definition) is 0. The van der Waals surface area contributed by atoms with Gasteiger partial charge in [-0.1, -0.05) is 30.3 Å². The second kappa shape index (κ2) is 8.47. The number of ether oxygens (including phenoxy) is 1. The fourth-order valence-electron chi connectivity index (χ4n) is 3.26. The molecule has 1 saturated heterocycles. The van der Waals surface area contributed by atoms with Crippen LogP contribution in [0.25, 0.3) is 0 Å². The molecule has 6 nitrogen and oxygen atoms in total. The molecule has 0 atom stereocenters. The standard InChI is InChI=1S/C22H25NO5S/c1-22(2,18-8-4-3-5-9-18)21(25)28-16-20(24)17-10-12-19(13-11-17)29(26,27)23-14-6-7-15-23/h3-5,8-13H,6-7,14-16H2,1-2H3. The Morgan fingerprint density at radius 1 is 0.966 bits per heavy atom. The third-order valence-electron chi connectivity index (χ3n) is 5.22. The first-order valence-electron chi connectivity index (χ1n) is 9.59. The summed E-state index contributed by atoms with van der Waals surface area (Å²) >= 11 is 0. The van der Waals surface area contributed by atoms with Crippen molar-refractivity contribution in [1.82, 2.24) is 4.31 Å². The molecule has 0 aromatic heterocycles. The van der Waals surface area contributed by atoms with E-state index in [9.17, 15) is 18.0 Å². The van der Waals surface area contributed by atoms with Crippen LogP contribution >= 0.6 is 0 Å². The maximum absolute atomic E-state index is 12.5. The summed E-state index contributed by atoms with van der Waals surface area (Å²) in [6.45, 7) is 4.14. The lowest BCUT2D eigenvalue weighted by Crippen LogP contribution is -2.32. The maximum Gasteiger partial charge on any atom is 0.316 e. The lowest BCUT2D eigenvalue weighted by Gasteiger charge is -2.22. The lowest BCUT2D eigenvalue weighted by atomic mass is 9.85. The van der Waals surface area contributed by atoms with Crippen molar-refractivity contribution in [3.05, 3.63) is 65.7 Å². The summed E-state index contributed by atoms with van der Waals surface area (Å²) in [7, 11) is -3.52. The maximum atomic E-state index is 12.5. The van der Waals surface area contributed by atoms with Gasteiger partial charge in [-0.3, -0.25) is 9.59 Å². The molecule has 2 aromatic carbocycles. The highest BCUT2D eigenvalue weighted by molar-refractivity contribution is 7.89. The average molecular weight is 416 g/mol. The molecule has 1 aliphatic heterocycles. The van der Waals surface area contributed by atoms with Crippen LogP contribution in [0.2, 0.25) is 0 Å². The van der Waals surface area contributed by atoms with E-state index >= 15 is 0 Å². The highest BCUT2D eigenvalue weighted by Gasteiger charge is 2.32. The zero-order valence-electron chi connectivity index (χ0n) is 16.6. The summed E-state index contributed by atoms with van der Waals surface area (Å²) in [4.78, 5) is 25.0. The molecule has 0 aliphatic carbocycles. The van der Waals surface area contributed by atoms with Crippen molar-refractivity contribution in [2.45, 2.75) is 37.0 Å². The van der Waals surface area contributed by atoms with Gasteiger partial charge in [-0.2, -0.15) is 4.31 Å². The molecule has 0 N–H and O–H groups in total. The third kappa shape index (κ3) is 4.57. The number of hydrogen-bond acceptors (Lipinski definition) is 5. The molecule has 0 unspecified atom stereocenters. The van der Waals surface area contributed by atoms with Crippen molar-refractivity contribution in [3.8, 4) is 0 Å². The first-order chi connectivity index (χ1) is 13.7. The summed E-state index contributed by atoms with van der Waals surface area (Å²) in [6.07, 6.45) is 1.72. The van der Waals surface area contributed by atoms with Gasteiger partial charge >= 0.3 is 5.97 Å². The number of rotatable bonds is 7. The van der Waals surface area contributed by atoms with Gasteiger partial charge in [0.2, 0.25) is 10.0 Å². The molecule has 1 heterocycles.